The zero-order chi connectivity index (χ0) is 13.0. The largest absolute Gasteiger partial charge is 0.474 e. The molecular weight excluding hydrogens is 252 g/mol. The second kappa shape index (κ2) is 5.27. The maximum atomic E-state index is 12.2. The van der Waals surface area contributed by atoms with Crippen LogP contribution in [0.5, 0.6) is 0 Å². The van der Waals surface area contributed by atoms with Gasteiger partial charge in [0.25, 0.3) is 0 Å². The Balaban J connectivity index is 2.50. The SMILES string of the molecule is CCOC(=O)C1(c2ccccc2Cl)C=CC=CO1. The summed E-state index contributed by atoms with van der Waals surface area (Å²) in [5.74, 6) is -0.473. The predicted octanol–water partition coefficient (Wildman–Crippen LogP) is 3.20. The quantitative estimate of drug-likeness (QED) is 0.787. The number of halogens is 1. The summed E-state index contributed by atoms with van der Waals surface area (Å²) in [6, 6.07) is 7.07. The van der Waals surface area contributed by atoms with Gasteiger partial charge in [-0.2, -0.15) is 0 Å². The Morgan fingerprint density at radius 3 is 2.78 bits per heavy atom. The minimum Gasteiger partial charge on any atom is -0.474 e. The number of benzene rings is 1. The summed E-state index contributed by atoms with van der Waals surface area (Å²) in [5, 5.41) is 0.463. The molecule has 1 heterocycles. The van der Waals surface area contributed by atoms with Crippen molar-refractivity contribution in [3.8, 4) is 0 Å². The number of rotatable bonds is 3. The number of ether oxygens (including phenoxy) is 2. The monoisotopic (exact) mass is 264 g/mol. The molecule has 0 fully saturated rings. The van der Waals surface area contributed by atoms with Crippen LogP contribution in [0.1, 0.15) is 12.5 Å². The van der Waals surface area contributed by atoms with E-state index in [4.69, 9.17) is 21.1 Å². The van der Waals surface area contributed by atoms with Gasteiger partial charge in [0.2, 0.25) is 5.60 Å². The Bertz CT molecular complexity index is 508. The van der Waals surface area contributed by atoms with Crippen molar-refractivity contribution in [1.29, 1.82) is 0 Å². The zero-order valence-corrected chi connectivity index (χ0v) is 10.7. The number of carbonyl (C=O) groups is 1. The van der Waals surface area contributed by atoms with Gasteiger partial charge in [0.05, 0.1) is 12.9 Å². The van der Waals surface area contributed by atoms with Crippen LogP contribution in [0.4, 0.5) is 0 Å². The number of esters is 1. The van der Waals surface area contributed by atoms with Gasteiger partial charge in [0, 0.05) is 10.6 Å². The lowest BCUT2D eigenvalue weighted by molar-refractivity contribution is -0.161. The van der Waals surface area contributed by atoms with Gasteiger partial charge in [-0.05, 0) is 25.1 Å². The van der Waals surface area contributed by atoms with Crippen LogP contribution in [0, 0.1) is 0 Å². The molecule has 0 aliphatic carbocycles. The summed E-state index contributed by atoms with van der Waals surface area (Å²) in [6.07, 6.45) is 6.55. The molecule has 0 spiro atoms. The number of hydrogen-bond acceptors (Lipinski definition) is 3. The van der Waals surface area contributed by atoms with Gasteiger partial charge in [-0.15, -0.1) is 0 Å². The molecule has 94 valence electrons. The summed E-state index contributed by atoms with van der Waals surface area (Å²) in [7, 11) is 0. The molecule has 0 radical (unpaired) electrons. The van der Waals surface area contributed by atoms with Crippen molar-refractivity contribution in [3.63, 3.8) is 0 Å². The fraction of sp³-hybridized carbons (Fsp3) is 0.214. The first kappa shape index (κ1) is 12.7. The molecule has 1 aromatic rings. The van der Waals surface area contributed by atoms with Gasteiger partial charge in [0.1, 0.15) is 0 Å². The van der Waals surface area contributed by atoms with Gasteiger partial charge in [-0.3, -0.25) is 0 Å². The highest BCUT2D eigenvalue weighted by molar-refractivity contribution is 6.31. The summed E-state index contributed by atoms with van der Waals surface area (Å²) < 4.78 is 10.6. The van der Waals surface area contributed by atoms with Crippen LogP contribution in [-0.2, 0) is 19.9 Å². The first-order valence-electron chi connectivity index (χ1n) is 5.65. The lowest BCUT2D eigenvalue weighted by Crippen LogP contribution is -2.38. The molecule has 1 unspecified atom stereocenters. The first-order valence-corrected chi connectivity index (χ1v) is 6.03. The molecule has 0 bridgehead atoms. The van der Waals surface area contributed by atoms with Crippen molar-refractivity contribution in [2.24, 2.45) is 0 Å². The lowest BCUT2D eigenvalue weighted by Gasteiger charge is -2.30. The van der Waals surface area contributed by atoms with E-state index in [9.17, 15) is 4.79 Å². The van der Waals surface area contributed by atoms with Crippen molar-refractivity contribution in [1.82, 2.24) is 0 Å². The Morgan fingerprint density at radius 2 is 2.17 bits per heavy atom. The molecular formula is C14H13ClO3. The smallest absolute Gasteiger partial charge is 0.359 e. The fourth-order valence-electron chi connectivity index (χ4n) is 1.80. The molecule has 0 saturated carbocycles. The minimum absolute atomic E-state index is 0.284. The average Bonchev–Trinajstić information content (AvgIpc) is 2.40. The van der Waals surface area contributed by atoms with E-state index < -0.39 is 11.6 Å². The summed E-state index contributed by atoms with van der Waals surface area (Å²) in [6.45, 7) is 2.03. The van der Waals surface area contributed by atoms with Crippen LogP contribution >= 0.6 is 11.6 Å². The Morgan fingerprint density at radius 1 is 1.39 bits per heavy atom. The number of hydrogen-bond donors (Lipinski definition) is 0. The summed E-state index contributed by atoms with van der Waals surface area (Å²) in [4.78, 5) is 12.2. The maximum absolute atomic E-state index is 12.2. The van der Waals surface area contributed by atoms with E-state index in [-0.39, 0.29) is 6.61 Å². The predicted molar refractivity (Wildman–Crippen MR) is 69.1 cm³/mol. The molecule has 3 nitrogen and oxygen atoms in total. The summed E-state index contributed by atoms with van der Waals surface area (Å²) >= 11 is 6.15. The Labute approximate surface area is 111 Å². The minimum atomic E-state index is -1.29. The van der Waals surface area contributed by atoms with Crippen LogP contribution in [0.25, 0.3) is 0 Å². The standard InChI is InChI=1S/C14H13ClO3/c1-2-17-13(16)14(9-5-6-10-18-14)11-7-3-4-8-12(11)15/h3-10H,2H2,1H3. The van der Waals surface area contributed by atoms with E-state index in [1.54, 1.807) is 49.4 Å². The van der Waals surface area contributed by atoms with Gasteiger partial charge in [-0.1, -0.05) is 35.9 Å². The second-order valence-corrected chi connectivity index (χ2v) is 4.15. The van der Waals surface area contributed by atoms with Crippen molar-refractivity contribution in [2.75, 3.05) is 6.61 Å². The molecule has 4 heteroatoms. The van der Waals surface area contributed by atoms with Crippen molar-refractivity contribution in [3.05, 3.63) is 59.3 Å². The topological polar surface area (TPSA) is 35.5 Å². The molecule has 2 rings (SSSR count). The van der Waals surface area contributed by atoms with Crippen LogP contribution < -0.4 is 0 Å². The third-order valence-electron chi connectivity index (χ3n) is 2.63. The molecule has 0 aromatic heterocycles. The van der Waals surface area contributed by atoms with Crippen LogP contribution in [0.2, 0.25) is 5.02 Å². The van der Waals surface area contributed by atoms with Crippen molar-refractivity contribution >= 4 is 17.6 Å². The van der Waals surface area contributed by atoms with Crippen molar-refractivity contribution < 1.29 is 14.3 Å². The van der Waals surface area contributed by atoms with Gasteiger partial charge < -0.3 is 9.47 Å². The van der Waals surface area contributed by atoms with Crippen LogP contribution in [0.3, 0.4) is 0 Å². The van der Waals surface area contributed by atoms with E-state index in [1.165, 1.54) is 6.26 Å². The van der Waals surface area contributed by atoms with Gasteiger partial charge in [0.15, 0.2) is 0 Å². The van der Waals surface area contributed by atoms with E-state index >= 15 is 0 Å². The number of carbonyl (C=O) groups excluding carboxylic acids is 1. The molecule has 0 amide bonds. The third-order valence-corrected chi connectivity index (χ3v) is 2.96. The average molecular weight is 265 g/mol. The molecule has 1 aliphatic heterocycles. The van der Waals surface area contributed by atoms with E-state index in [0.29, 0.717) is 10.6 Å². The first-order chi connectivity index (χ1) is 8.70. The number of allylic oxidation sites excluding steroid dienone is 2. The maximum Gasteiger partial charge on any atom is 0.359 e. The van der Waals surface area contributed by atoms with Gasteiger partial charge in [-0.25, -0.2) is 4.79 Å². The van der Waals surface area contributed by atoms with E-state index in [0.717, 1.165) is 0 Å². The highest BCUT2D eigenvalue weighted by Gasteiger charge is 2.43. The van der Waals surface area contributed by atoms with Crippen LogP contribution in [-0.4, -0.2) is 12.6 Å². The molecule has 0 N–H and O–H groups in total. The van der Waals surface area contributed by atoms with Gasteiger partial charge >= 0.3 is 5.97 Å². The zero-order valence-electron chi connectivity index (χ0n) is 9.93. The highest BCUT2D eigenvalue weighted by atomic mass is 35.5. The molecule has 1 aliphatic rings. The molecule has 1 atom stereocenters. The molecule has 1 aromatic carbocycles. The molecule has 18 heavy (non-hydrogen) atoms. The van der Waals surface area contributed by atoms with E-state index in [1.807, 2.05) is 0 Å². The van der Waals surface area contributed by atoms with Crippen LogP contribution in [0.15, 0.2) is 48.8 Å². The van der Waals surface area contributed by atoms with Crippen molar-refractivity contribution in [2.45, 2.75) is 12.5 Å². The Hall–Kier alpha value is -1.74. The normalized spacial score (nSPS) is 21.4. The third kappa shape index (κ3) is 2.14. The highest BCUT2D eigenvalue weighted by Crippen LogP contribution is 2.36. The lowest BCUT2D eigenvalue weighted by atomic mass is 9.92. The Kier molecular flexibility index (Phi) is 3.72. The molecule has 0 saturated heterocycles. The fourth-order valence-corrected chi connectivity index (χ4v) is 2.08. The second-order valence-electron chi connectivity index (χ2n) is 3.74. The van der Waals surface area contributed by atoms with E-state index in [2.05, 4.69) is 0 Å². The summed E-state index contributed by atoms with van der Waals surface area (Å²) in [5.41, 5.74) is -0.714.